The minimum absolute atomic E-state index is 0.0247. The molecule has 0 fully saturated rings. The van der Waals surface area contributed by atoms with Crippen LogP contribution in [0.1, 0.15) is 18.5 Å². The van der Waals surface area contributed by atoms with Crippen LogP contribution in [0.2, 0.25) is 0 Å². The van der Waals surface area contributed by atoms with Gasteiger partial charge in [-0.3, -0.25) is 4.79 Å². The van der Waals surface area contributed by atoms with E-state index in [-0.39, 0.29) is 11.9 Å². The summed E-state index contributed by atoms with van der Waals surface area (Å²) in [6.07, 6.45) is 1.95. The second-order valence-corrected chi connectivity index (χ2v) is 4.37. The zero-order chi connectivity index (χ0) is 11.3. The van der Waals surface area contributed by atoms with E-state index in [1.165, 1.54) is 0 Å². The Morgan fingerprint density at radius 2 is 2.31 bits per heavy atom. The molecular formula is C12H11ClN2O. The number of hydrogen-bond acceptors (Lipinski definition) is 1. The van der Waals surface area contributed by atoms with Crippen molar-refractivity contribution in [2.45, 2.75) is 18.8 Å². The normalized spacial score (nSPS) is 18.9. The third kappa shape index (κ3) is 1.18. The van der Waals surface area contributed by atoms with E-state index in [9.17, 15) is 4.79 Å². The smallest absolute Gasteiger partial charge is 0.247 e. The Morgan fingerprint density at radius 1 is 1.50 bits per heavy atom. The second-order valence-electron chi connectivity index (χ2n) is 4.10. The number of nitrogens with zero attached hydrogens (tertiary/aromatic N) is 1. The zero-order valence-corrected chi connectivity index (χ0v) is 9.58. The van der Waals surface area contributed by atoms with Crippen LogP contribution in [0.4, 0.5) is 5.69 Å². The maximum atomic E-state index is 11.7. The van der Waals surface area contributed by atoms with Gasteiger partial charge in [-0.25, -0.2) is 0 Å². The molecule has 1 aliphatic rings. The van der Waals surface area contributed by atoms with Gasteiger partial charge >= 0.3 is 0 Å². The Labute approximate surface area is 98.0 Å². The molecule has 1 atom stereocenters. The summed E-state index contributed by atoms with van der Waals surface area (Å²) in [5.74, 6) is 0.483. The van der Waals surface area contributed by atoms with Gasteiger partial charge in [0.15, 0.2) is 0 Å². The Morgan fingerprint density at radius 3 is 3.06 bits per heavy atom. The van der Waals surface area contributed by atoms with Crippen LogP contribution < -0.4 is 5.32 Å². The van der Waals surface area contributed by atoms with Gasteiger partial charge < -0.3 is 9.88 Å². The molecule has 0 aliphatic carbocycles. The summed E-state index contributed by atoms with van der Waals surface area (Å²) in [4.78, 5) is 11.7. The van der Waals surface area contributed by atoms with Crippen molar-refractivity contribution in [1.29, 1.82) is 0 Å². The van der Waals surface area contributed by atoms with Gasteiger partial charge in [-0.2, -0.15) is 0 Å². The zero-order valence-electron chi connectivity index (χ0n) is 8.83. The van der Waals surface area contributed by atoms with E-state index in [1.54, 1.807) is 0 Å². The Hall–Kier alpha value is -1.48. The van der Waals surface area contributed by atoms with Crippen LogP contribution in [0.5, 0.6) is 0 Å². The predicted octanol–water partition coefficient (Wildman–Crippen LogP) is 2.89. The van der Waals surface area contributed by atoms with Crippen molar-refractivity contribution < 1.29 is 4.79 Å². The quantitative estimate of drug-likeness (QED) is 0.757. The minimum atomic E-state index is -0.146. The maximum Gasteiger partial charge on any atom is 0.247 e. The van der Waals surface area contributed by atoms with Crippen LogP contribution >= 0.6 is 11.6 Å². The molecule has 1 N–H and O–H groups in total. The number of alkyl halides is 1. The molecule has 3 rings (SSSR count). The number of nitrogens with one attached hydrogen (secondary N) is 1. The number of rotatable bonds is 1. The molecule has 0 saturated carbocycles. The monoisotopic (exact) mass is 234 g/mol. The summed E-state index contributed by atoms with van der Waals surface area (Å²) >= 11 is 5.83. The molecule has 4 heteroatoms. The fourth-order valence-electron chi connectivity index (χ4n) is 2.23. The molecule has 82 valence electrons. The molecule has 2 heterocycles. The Bertz CT molecular complexity index is 588. The number of anilines is 1. The first-order chi connectivity index (χ1) is 7.70. The van der Waals surface area contributed by atoms with E-state index in [0.717, 1.165) is 22.2 Å². The number of halogens is 1. The molecule has 0 radical (unpaired) electrons. The van der Waals surface area contributed by atoms with Crippen molar-refractivity contribution in [2.75, 3.05) is 5.32 Å². The lowest BCUT2D eigenvalue weighted by Gasteiger charge is -2.23. The minimum Gasteiger partial charge on any atom is -0.334 e. The van der Waals surface area contributed by atoms with Gasteiger partial charge in [0.05, 0.1) is 11.2 Å². The lowest BCUT2D eigenvalue weighted by molar-refractivity contribution is -0.118. The number of hydrogen-bond donors (Lipinski definition) is 1. The lowest BCUT2D eigenvalue weighted by Crippen LogP contribution is -2.27. The standard InChI is InChI=1S/C12H11ClN2O/c1-7-12(16)14-10-5-8(6-13)4-9-2-3-15(7)11(9)10/h2-5,7H,6H2,1H3,(H,14,16)/t7-/m1/s1. The summed E-state index contributed by atoms with van der Waals surface area (Å²) in [6, 6.07) is 5.88. The van der Waals surface area contributed by atoms with Gasteiger partial charge in [-0.05, 0) is 30.7 Å². The largest absolute Gasteiger partial charge is 0.334 e. The van der Waals surface area contributed by atoms with Crippen molar-refractivity contribution in [3.8, 4) is 0 Å². The lowest BCUT2D eigenvalue weighted by atomic mass is 10.1. The topological polar surface area (TPSA) is 34.0 Å². The van der Waals surface area contributed by atoms with Crippen LogP contribution in [-0.2, 0) is 10.7 Å². The molecule has 0 unspecified atom stereocenters. The molecule has 1 amide bonds. The van der Waals surface area contributed by atoms with Crippen molar-refractivity contribution in [1.82, 2.24) is 4.57 Å². The van der Waals surface area contributed by atoms with Crippen LogP contribution in [-0.4, -0.2) is 10.5 Å². The highest BCUT2D eigenvalue weighted by molar-refractivity contribution is 6.17. The van der Waals surface area contributed by atoms with Gasteiger partial charge in [0, 0.05) is 17.5 Å². The molecule has 1 aromatic carbocycles. The Kier molecular flexibility index (Phi) is 1.98. The SMILES string of the molecule is C[C@@H]1C(=O)Nc2cc(CCl)cc3ccn1c23. The molecule has 3 nitrogen and oxygen atoms in total. The fourth-order valence-corrected chi connectivity index (χ4v) is 2.38. The molecule has 1 aromatic heterocycles. The number of carbonyl (C=O) groups is 1. The van der Waals surface area contributed by atoms with Crippen LogP contribution in [0.25, 0.3) is 10.9 Å². The summed E-state index contributed by atoms with van der Waals surface area (Å²) in [5.41, 5.74) is 2.97. The van der Waals surface area contributed by atoms with Gasteiger partial charge in [0.2, 0.25) is 5.91 Å². The number of carbonyl (C=O) groups excluding carboxylic acids is 1. The second kappa shape index (κ2) is 3.25. The molecule has 0 spiro atoms. The van der Waals surface area contributed by atoms with Crippen molar-refractivity contribution in [2.24, 2.45) is 0 Å². The first-order valence-corrected chi connectivity index (χ1v) is 5.74. The van der Waals surface area contributed by atoms with Crippen LogP contribution in [0, 0.1) is 0 Å². The van der Waals surface area contributed by atoms with Gasteiger partial charge in [0.25, 0.3) is 0 Å². The first-order valence-electron chi connectivity index (χ1n) is 5.21. The van der Waals surface area contributed by atoms with E-state index in [0.29, 0.717) is 5.88 Å². The molecule has 16 heavy (non-hydrogen) atoms. The van der Waals surface area contributed by atoms with E-state index in [2.05, 4.69) is 11.4 Å². The maximum absolute atomic E-state index is 11.7. The van der Waals surface area contributed by atoms with E-state index in [4.69, 9.17) is 11.6 Å². The average Bonchev–Trinajstić information content (AvgIpc) is 2.70. The molecular weight excluding hydrogens is 224 g/mol. The van der Waals surface area contributed by atoms with Gasteiger partial charge in [0.1, 0.15) is 6.04 Å². The van der Waals surface area contributed by atoms with Crippen LogP contribution in [0.3, 0.4) is 0 Å². The fraction of sp³-hybridized carbons (Fsp3) is 0.250. The average molecular weight is 235 g/mol. The summed E-state index contributed by atoms with van der Waals surface area (Å²) in [6.45, 7) is 1.90. The van der Waals surface area contributed by atoms with E-state index >= 15 is 0 Å². The summed E-state index contributed by atoms with van der Waals surface area (Å²) in [7, 11) is 0. The third-order valence-electron chi connectivity index (χ3n) is 3.08. The van der Waals surface area contributed by atoms with Crippen molar-refractivity contribution >= 4 is 34.1 Å². The number of amides is 1. The van der Waals surface area contributed by atoms with Gasteiger partial charge in [-0.15, -0.1) is 11.6 Å². The first kappa shape index (κ1) is 9.73. The van der Waals surface area contributed by atoms with E-state index in [1.807, 2.05) is 29.8 Å². The third-order valence-corrected chi connectivity index (χ3v) is 3.39. The number of benzene rings is 1. The molecule has 2 aromatic rings. The van der Waals surface area contributed by atoms with E-state index < -0.39 is 0 Å². The van der Waals surface area contributed by atoms with Crippen molar-refractivity contribution in [3.05, 3.63) is 30.0 Å². The van der Waals surface area contributed by atoms with Crippen molar-refractivity contribution in [3.63, 3.8) is 0 Å². The number of aromatic nitrogens is 1. The molecule has 0 bridgehead atoms. The highest BCUT2D eigenvalue weighted by Gasteiger charge is 2.24. The summed E-state index contributed by atoms with van der Waals surface area (Å²) < 4.78 is 2.00. The Balaban J connectivity index is 2.35. The highest BCUT2D eigenvalue weighted by Crippen LogP contribution is 2.33. The molecule has 1 aliphatic heterocycles. The molecule has 0 saturated heterocycles. The highest BCUT2D eigenvalue weighted by atomic mass is 35.5. The van der Waals surface area contributed by atoms with Gasteiger partial charge in [-0.1, -0.05) is 0 Å². The predicted molar refractivity (Wildman–Crippen MR) is 64.8 cm³/mol. The van der Waals surface area contributed by atoms with Crippen LogP contribution in [0.15, 0.2) is 24.4 Å². The summed E-state index contributed by atoms with van der Waals surface area (Å²) in [5, 5.41) is 4.04.